The number of morpholine rings is 1. The second-order valence-electron chi connectivity index (χ2n) is 11.4. The van der Waals surface area contributed by atoms with E-state index < -0.39 is 23.6 Å². The minimum absolute atomic E-state index is 0.0884. The molecule has 0 saturated carbocycles. The second-order valence-corrected chi connectivity index (χ2v) is 11.8. The third kappa shape index (κ3) is 8.40. The molecule has 2 aromatic heterocycles. The highest BCUT2D eigenvalue weighted by Gasteiger charge is 2.32. The number of rotatable bonds is 10. The van der Waals surface area contributed by atoms with E-state index >= 15 is 0 Å². The molecule has 0 bridgehead atoms. The van der Waals surface area contributed by atoms with Crippen LogP contribution >= 0.6 is 11.6 Å². The van der Waals surface area contributed by atoms with Gasteiger partial charge in [-0.2, -0.15) is 0 Å². The second kappa shape index (κ2) is 14.4. The number of hydrogen-bond acceptors (Lipinski definition) is 10. The summed E-state index contributed by atoms with van der Waals surface area (Å²) in [5.41, 5.74) is 1.71. The largest absolute Gasteiger partial charge is 0.489 e. The number of anilines is 3. The number of nitrogens with one attached hydrogen (secondary N) is 2. The lowest BCUT2D eigenvalue weighted by Crippen LogP contribution is -2.52. The smallest absolute Gasteiger partial charge is 0.410 e. The highest BCUT2D eigenvalue weighted by molar-refractivity contribution is 6.32. The predicted molar refractivity (Wildman–Crippen MR) is 175 cm³/mol. The number of benzene rings is 2. The van der Waals surface area contributed by atoms with Crippen LogP contribution in [0.4, 0.5) is 22.0 Å². The maximum absolute atomic E-state index is 12.9. The molecule has 3 heterocycles. The van der Waals surface area contributed by atoms with Crippen molar-refractivity contribution in [3.05, 3.63) is 84.4 Å². The highest BCUT2D eigenvalue weighted by atomic mass is 35.5. The minimum Gasteiger partial charge on any atom is -0.489 e. The SMILES string of the molecule is C=CC(=O)Nc1cc2c(Nc3ccc(OCc4ccccn4)c(Cl)c3)ncnc2cc1OCC1COCCN1C(=O)OC(C)(C)C. The molecule has 4 aromatic rings. The fourth-order valence-corrected chi connectivity index (χ4v) is 4.83. The number of carbonyl (C=O) groups is 2. The van der Waals surface area contributed by atoms with Gasteiger partial charge in [-0.15, -0.1) is 0 Å². The summed E-state index contributed by atoms with van der Waals surface area (Å²) in [6.07, 6.45) is 3.84. The summed E-state index contributed by atoms with van der Waals surface area (Å²) >= 11 is 6.53. The van der Waals surface area contributed by atoms with Crippen molar-refractivity contribution in [2.75, 3.05) is 37.0 Å². The molecule has 1 unspecified atom stereocenters. The van der Waals surface area contributed by atoms with E-state index in [0.29, 0.717) is 57.8 Å². The lowest BCUT2D eigenvalue weighted by molar-refractivity contribution is -0.111. The first-order chi connectivity index (χ1) is 22.1. The van der Waals surface area contributed by atoms with Gasteiger partial charge in [0, 0.05) is 29.9 Å². The molecule has 1 aliphatic heterocycles. The van der Waals surface area contributed by atoms with Gasteiger partial charge in [0.15, 0.2) is 0 Å². The Morgan fingerprint density at radius 3 is 2.70 bits per heavy atom. The van der Waals surface area contributed by atoms with Crippen LogP contribution < -0.4 is 20.1 Å². The van der Waals surface area contributed by atoms with Crippen molar-refractivity contribution in [3.63, 3.8) is 0 Å². The van der Waals surface area contributed by atoms with Gasteiger partial charge in [0.2, 0.25) is 5.91 Å². The summed E-state index contributed by atoms with van der Waals surface area (Å²) < 4.78 is 23.2. The fraction of sp³-hybridized carbons (Fsp3) is 0.303. The van der Waals surface area contributed by atoms with Crippen molar-refractivity contribution >= 4 is 51.7 Å². The van der Waals surface area contributed by atoms with Crippen molar-refractivity contribution in [1.29, 1.82) is 0 Å². The molecule has 12 nitrogen and oxygen atoms in total. The molecule has 0 spiro atoms. The maximum Gasteiger partial charge on any atom is 0.410 e. The molecule has 13 heteroatoms. The first kappa shape index (κ1) is 32.5. The van der Waals surface area contributed by atoms with E-state index in [1.165, 1.54) is 6.33 Å². The number of pyridine rings is 1. The third-order valence-corrected chi connectivity index (χ3v) is 7.06. The summed E-state index contributed by atoms with van der Waals surface area (Å²) in [5.74, 6) is 0.899. The van der Waals surface area contributed by atoms with Gasteiger partial charge in [-0.05, 0) is 63.2 Å². The van der Waals surface area contributed by atoms with E-state index in [9.17, 15) is 9.59 Å². The van der Waals surface area contributed by atoms with Gasteiger partial charge in [-0.3, -0.25) is 14.7 Å². The molecular formula is C33H35ClN6O6. The Morgan fingerprint density at radius 2 is 1.96 bits per heavy atom. The normalized spacial score (nSPS) is 14.8. The fourth-order valence-electron chi connectivity index (χ4n) is 4.59. The molecule has 2 aromatic carbocycles. The Bertz CT molecular complexity index is 1710. The van der Waals surface area contributed by atoms with Gasteiger partial charge >= 0.3 is 6.09 Å². The van der Waals surface area contributed by atoms with Crippen LogP contribution in [0.5, 0.6) is 11.5 Å². The van der Waals surface area contributed by atoms with Gasteiger partial charge in [-0.25, -0.2) is 14.8 Å². The van der Waals surface area contributed by atoms with Crippen LogP contribution in [0.25, 0.3) is 10.9 Å². The monoisotopic (exact) mass is 646 g/mol. The van der Waals surface area contributed by atoms with Crippen LogP contribution in [-0.2, 0) is 20.9 Å². The minimum atomic E-state index is -0.645. The molecule has 1 saturated heterocycles. The van der Waals surface area contributed by atoms with Crippen molar-refractivity contribution < 1.29 is 28.5 Å². The van der Waals surface area contributed by atoms with E-state index in [-0.39, 0.29) is 19.8 Å². The van der Waals surface area contributed by atoms with E-state index in [2.05, 4.69) is 32.2 Å². The van der Waals surface area contributed by atoms with E-state index in [0.717, 1.165) is 11.8 Å². The summed E-state index contributed by atoms with van der Waals surface area (Å²) in [6, 6.07) is 13.9. The number of carbonyl (C=O) groups excluding carboxylic acids is 2. The lowest BCUT2D eigenvalue weighted by atomic mass is 10.1. The Labute approximate surface area is 271 Å². The van der Waals surface area contributed by atoms with Crippen LogP contribution in [0.3, 0.4) is 0 Å². The molecule has 1 aliphatic rings. The maximum atomic E-state index is 12.9. The zero-order valence-corrected chi connectivity index (χ0v) is 26.5. The van der Waals surface area contributed by atoms with Crippen LogP contribution in [-0.4, -0.2) is 69.9 Å². The average Bonchev–Trinajstić information content (AvgIpc) is 3.03. The number of hydrogen-bond donors (Lipinski definition) is 2. The average molecular weight is 647 g/mol. The molecule has 2 amide bonds. The molecule has 46 heavy (non-hydrogen) atoms. The van der Waals surface area contributed by atoms with E-state index in [4.69, 9.17) is 30.5 Å². The molecule has 5 rings (SSSR count). The topological polar surface area (TPSA) is 137 Å². The van der Waals surface area contributed by atoms with Crippen molar-refractivity contribution in [1.82, 2.24) is 19.9 Å². The standard InChI is InChI=1S/C33H35ClN6O6/c1-5-30(41)39-27-15-24-26(16-29(27)45-19-23-18-43-13-12-40(23)32(42)46-33(2,3)4)36-20-37-31(24)38-21-9-10-28(25(34)14-21)44-17-22-8-6-7-11-35-22/h5-11,14-16,20,23H,1,12-13,17-19H2,2-4H3,(H,39,41)(H,36,37,38). The zero-order chi connectivity index (χ0) is 32.7. The van der Waals surface area contributed by atoms with Gasteiger partial charge in [-0.1, -0.05) is 24.2 Å². The summed E-state index contributed by atoms with van der Waals surface area (Å²) in [4.78, 5) is 40.0. The Balaban J connectivity index is 1.36. The molecule has 1 fully saturated rings. The number of ether oxygens (including phenoxy) is 4. The van der Waals surface area contributed by atoms with E-state index in [1.807, 2.05) is 45.0 Å². The van der Waals surface area contributed by atoms with Crippen molar-refractivity contribution in [3.8, 4) is 11.5 Å². The summed E-state index contributed by atoms with van der Waals surface area (Å²) in [6.45, 7) is 10.4. The molecule has 0 radical (unpaired) electrons. The van der Waals surface area contributed by atoms with Crippen LogP contribution in [0.2, 0.25) is 5.02 Å². The molecular weight excluding hydrogens is 612 g/mol. The zero-order valence-electron chi connectivity index (χ0n) is 25.8. The van der Waals surface area contributed by atoms with Gasteiger partial charge in [0.1, 0.15) is 42.5 Å². The van der Waals surface area contributed by atoms with Crippen LogP contribution in [0.1, 0.15) is 26.5 Å². The third-order valence-electron chi connectivity index (χ3n) is 6.76. The highest BCUT2D eigenvalue weighted by Crippen LogP contribution is 2.35. The lowest BCUT2D eigenvalue weighted by Gasteiger charge is -2.36. The van der Waals surface area contributed by atoms with Crippen molar-refractivity contribution in [2.45, 2.75) is 39.0 Å². The quantitative estimate of drug-likeness (QED) is 0.193. The van der Waals surface area contributed by atoms with Crippen molar-refractivity contribution in [2.24, 2.45) is 0 Å². The van der Waals surface area contributed by atoms with Gasteiger partial charge in [0.25, 0.3) is 0 Å². The first-order valence-electron chi connectivity index (χ1n) is 14.6. The predicted octanol–water partition coefficient (Wildman–Crippen LogP) is 6.14. The summed E-state index contributed by atoms with van der Waals surface area (Å²) in [5, 5.41) is 7.08. The van der Waals surface area contributed by atoms with Gasteiger partial charge < -0.3 is 29.6 Å². The first-order valence-corrected chi connectivity index (χ1v) is 15.0. The molecule has 2 N–H and O–H groups in total. The molecule has 1 atom stereocenters. The van der Waals surface area contributed by atoms with E-state index in [1.54, 1.807) is 35.4 Å². The Hall–Kier alpha value is -4.94. The molecule has 240 valence electrons. The number of fused-ring (bicyclic) bond motifs is 1. The number of amides is 2. The number of nitrogens with zero attached hydrogens (tertiary/aromatic N) is 4. The van der Waals surface area contributed by atoms with Crippen LogP contribution in [0.15, 0.2) is 73.7 Å². The Morgan fingerprint density at radius 1 is 1.11 bits per heavy atom. The van der Waals surface area contributed by atoms with Crippen LogP contribution in [0, 0.1) is 0 Å². The number of aromatic nitrogens is 3. The molecule has 0 aliphatic carbocycles. The Kier molecular flexibility index (Phi) is 10.2. The number of halogens is 1. The summed E-state index contributed by atoms with van der Waals surface area (Å²) in [7, 11) is 0. The van der Waals surface area contributed by atoms with Gasteiger partial charge in [0.05, 0.1) is 41.2 Å².